The number of esters is 1. The lowest BCUT2D eigenvalue weighted by molar-refractivity contribution is -0.385. The molecule has 1 amide bonds. The molecule has 0 spiro atoms. The monoisotopic (exact) mass is 525 g/mol. The highest BCUT2D eigenvalue weighted by Crippen LogP contribution is 2.40. The zero-order chi connectivity index (χ0) is 26.5. The number of carbonyl (C=O) groups is 2. The van der Waals surface area contributed by atoms with E-state index in [-0.39, 0.29) is 23.7 Å². The number of ether oxygens (including phenoxy) is 3. The van der Waals surface area contributed by atoms with Crippen LogP contribution < -0.4 is 14.8 Å². The summed E-state index contributed by atoms with van der Waals surface area (Å²) in [6.07, 6.45) is 0.610. The first-order valence-electron chi connectivity index (χ1n) is 11.7. The molecule has 3 aromatic rings. The molecule has 0 bridgehead atoms. The Morgan fingerprint density at radius 1 is 1.14 bits per heavy atom. The molecular weight excluding hydrogens is 498 g/mol. The van der Waals surface area contributed by atoms with Gasteiger partial charge in [-0.2, -0.15) is 0 Å². The van der Waals surface area contributed by atoms with Crippen LogP contribution in [0.4, 0.5) is 10.7 Å². The van der Waals surface area contributed by atoms with Gasteiger partial charge in [-0.1, -0.05) is 30.3 Å². The number of hydrogen-bond donors (Lipinski definition) is 1. The van der Waals surface area contributed by atoms with Gasteiger partial charge in [0.15, 0.2) is 11.5 Å². The molecule has 0 atom stereocenters. The van der Waals surface area contributed by atoms with Gasteiger partial charge in [-0.15, -0.1) is 11.3 Å². The molecule has 0 fully saturated rings. The van der Waals surface area contributed by atoms with Gasteiger partial charge in [0, 0.05) is 30.6 Å². The first kappa shape index (κ1) is 26.1. The number of nitrogens with zero attached hydrogens (tertiary/aromatic N) is 2. The molecule has 0 radical (unpaired) electrons. The molecule has 0 unspecified atom stereocenters. The van der Waals surface area contributed by atoms with E-state index in [0.717, 1.165) is 29.6 Å². The number of carbonyl (C=O) groups excluding carboxylic acids is 2. The second kappa shape index (κ2) is 11.4. The van der Waals surface area contributed by atoms with Crippen molar-refractivity contribution < 1.29 is 28.7 Å². The SMILES string of the molecule is CCOC(=O)c1c(NC(=O)c2cc(OC)c(OC)cc2[N+](=O)[O-])sc2c1CCN(Cc1ccccc1)C2. The number of amides is 1. The number of benzene rings is 2. The predicted molar refractivity (Wildman–Crippen MR) is 139 cm³/mol. The Kier molecular flexibility index (Phi) is 8.04. The van der Waals surface area contributed by atoms with Gasteiger partial charge in [0.25, 0.3) is 11.6 Å². The molecule has 10 nitrogen and oxygen atoms in total. The minimum Gasteiger partial charge on any atom is -0.493 e. The Hall–Kier alpha value is -3.96. The summed E-state index contributed by atoms with van der Waals surface area (Å²) in [6, 6.07) is 12.5. The van der Waals surface area contributed by atoms with E-state index >= 15 is 0 Å². The summed E-state index contributed by atoms with van der Waals surface area (Å²) in [4.78, 5) is 40.5. The van der Waals surface area contributed by atoms with E-state index in [1.165, 1.54) is 37.2 Å². The number of anilines is 1. The fourth-order valence-corrected chi connectivity index (χ4v) is 5.59. The molecule has 1 aliphatic heterocycles. The van der Waals surface area contributed by atoms with Crippen LogP contribution in [0.2, 0.25) is 0 Å². The number of rotatable bonds is 9. The fourth-order valence-electron chi connectivity index (χ4n) is 4.31. The summed E-state index contributed by atoms with van der Waals surface area (Å²) in [6.45, 7) is 3.99. The summed E-state index contributed by atoms with van der Waals surface area (Å²) in [5.74, 6) is -0.972. The van der Waals surface area contributed by atoms with Crippen molar-refractivity contribution in [3.05, 3.63) is 79.7 Å². The fraction of sp³-hybridized carbons (Fsp3) is 0.308. The second-order valence-electron chi connectivity index (χ2n) is 8.31. The predicted octanol–water partition coefficient (Wildman–Crippen LogP) is 4.66. The van der Waals surface area contributed by atoms with Crippen molar-refractivity contribution in [1.82, 2.24) is 4.90 Å². The molecule has 0 aliphatic carbocycles. The molecule has 1 aromatic heterocycles. The minimum absolute atomic E-state index is 0.128. The highest BCUT2D eigenvalue weighted by atomic mass is 32.1. The topological polar surface area (TPSA) is 120 Å². The molecule has 1 aliphatic rings. The third-order valence-electron chi connectivity index (χ3n) is 6.03. The average Bonchev–Trinajstić information content (AvgIpc) is 3.25. The van der Waals surface area contributed by atoms with Crippen LogP contribution in [0.1, 0.15) is 43.6 Å². The van der Waals surface area contributed by atoms with Gasteiger partial charge in [-0.3, -0.25) is 19.8 Å². The summed E-state index contributed by atoms with van der Waals surface area (Å²) < 4.78 is 15.7. The third kappa shape index (κ3) is 5.57. The highest BCUT2D eigenvalue weighted by Gasteiger charge is 2.31. The van der Waals surface area contributed by atoms with Crippen LogP contribution in [-0.2, 0) is 24.2 Å². The maximum Gasteiger partial charge on any atom is 0.341 e. The molecular formula is C26H27N3O7S. The van der Waals surface area contributed by atoms with E-state index in [2.05, 4.69) is 22.3 Å². The average molecular weight is 526 g/mol. The van der Waals surface area contributed by atoms with Gasteiger partial charge in [0.2, 0.25) is 0 Å². The summed E-state index contributed by atoms with van der Waals surface area (Å²) in [7, 11) is 2.73. The number of nitro groups is 1. The Morgan fingerprint density at radius 2 is 1.84 bits per heavy atom. The Balaban J connectivity index is 1.67. The van der Waals surface area contributed by atoms with Gasteiger partial charge in [0.1, 0.15) is 10.6 Å². The maximum absolute atomic E-state index is 13.3. The molecule has 37 heavy (non-hydrogen) atoms. The Morgan fingerprint density at radius 3 is 2.49 bits per heavy atom. The quantitative estimate of drug-likeness (QED) is 0.243. The van der Waals surface area contributed by atoms with Crippen LogP contribution in [0.15, 0.2) is 42.5 Å². The molecule has 0 saturated carbocycles. The lowest BCUT2D eigenvalue weighted by Crippen LogP contribution is -2.29. The zero-order valence-electron chi connectivity index (χ0n) is 20.7. The lowest BCUT2D eigenvalue weighted by atomic mass is 10.0. The van der Waals surface area contributed by atoms with Crippen LogP contribution in [-0.4, -0.2) is 49.1 Å². The maximum atomic E-state index is 13.3. The van der Waals surface area contributed by atoms with E-state index in [1.807, 2.05) is 18.2 Å². The van der Waals surface area contributed by atoms with Crippen molar-refractivity contribution in [3.63, 3.8) is 0 Å². The lowest BCUT2D eigenvalue weighted by Gasteiger charge is -2.27. The summed E-state index contributed by atoms with van der Waals surface area (Å²) in [5, 5.41) is 14.7. The van der Waals surface area contributed by atoms with E-state index in [0.29, 0.717) is 23.5 Å². The van der Waals surface area contributed by atoms with E-state index in [1.54, 1.807) is 6.92 Å². The van der Waals surface area contributed by atoms with Crippen LogP contribution in [0, 0.1) is 10.1 Å². The highest BCUT2D eigenvalue weighted by molar-refractivity contribution is 7.17. The Labute approximate surface area is 217 Å². The normalized spacial score (nSPS) is 12.9. The van der Waals surface area contributed by atoms with Crippen molar-refractivity contribution in [2.24, 2.45) is 0 Å². The van der Waals surface area contributed by atoms with E-state index in [4.69, 9.17) is 14.2 Å². The van der Waals surface area contributed by atoms with E-state index in [9.17, 15) is 19.7 Å². The number of methoxy groups -OCH3 is 2. The molecule has 0 saturated heterocycles. The standard InChI is InChI=1S/C26H27N3O7S/c1-4-36-26(31)23-17-10-11-28(14-16-8-6-5-7-9-16)15-22(17)37-25(23)27-24(30)18-12-20(34-2)21(35-3)13-19(18)29(32)33/h5-9,12-13H,4,10-11,14-15H2,1-3H3,(H,27,30). The van der Waals surface area contributed by atoms with Crippen LogP contribution >= 0.6 is 11.3 Å². The minimum atomic E-state index is -0.738. The van der Waals surface area contributed by atoms with Gasteiger partial charge in [-0.25, -0.2) is 4.79 Å². The second-order valence-corrected chi connectivity index (χ2v) is 9.42. The van der Waals surface area contributed by atoms with Gasteiger partial charge < -0.3 is 19.5 Å². The Bertz CT molecular complexity index is 1320. The van der Waals surface area contributed by atoms with Crippen LogP contribution in [0.3, 0.4) is 0 Å². The van der Waals surface area contributed by atoms with Crippen molar-refractivity contribution in [2.45, 2.75) is 26.4 Å². The molecule has 11 heteroatoms. The number of hydrogen-bond acceptors (Lipinski definition) is 9. The number of fused-ring (bicyclic) bond motifs is 1. The van der Waals surface area contributed by atoms with Crippen molar-refractivity contribution in [3.8, 4) is 11.5 Å². The van der Waals surface area contributed by atoms with Crippen LogP contribution in [0.25, 0.3) is 0 Å². The smallest absolute Gasteiger partial charge is 0.341 e. The van der Waals surface area contributed by atoms with E-state index < -0.39 is 22.5 Å². The first-order valence-corrected chi connectivity index (χ1v) is 12.5. The summed E-state index contributed by atoms with van der Waals surface area (Å²) in [5.41, 5.74) is 1.67. The van der Waals surface area contributed by atoms with Gasteiger partial charge in [0.05, 0.1) is 37.4 Å². The van der Waals surface area contributed by atoms with Crippen molar-refractivity contribution in [1.29, 1.82) is 0 Å². The van der Waals surface area contributed by atoms with Crippen molar-refractivity contribution >= 4 is 33.9 Å². The first-order chi connectivity index (χ1) is 17.9. The molecule has 2 aromatic carbocycles. The number of thiophene rings is 1. The number of nitrogens with one attached hydrogen (secondary N) is 1. The van der Waals surface area contributed by atoms with Gasteiger partial charge in [-0.05, 0) is 24.5 Å². The molecule has 1 N–H and O–H groups in total. The van der Waals surface area contributed by atoms with Gasteiger partial charge >= 0.3 is 5.97 Å². The number of nitro benzene ring substituents is 1. The molecule has 2 heterocycles. The molecule has 194 valence electrons. The van der Waals surface area contributed by atoms with Crippen molar-refractivity contribution in [2.75, 3.05) is 32.7 Å². The third-order valence-corrected chi connectivity index (χ3v) is 7.17. The zero-order valence-corrected chi connectivity index (χ0v) is 21.6. The largest absolute Gasteiger partial charge is 0.493 e. The molecule has 4 rings (SSSR count). The van der Waals surface area contributed by atoms with Crippen LogP contribution in [0.5, 0.6) is 11.5 Å². The summed E-state index contributed by atoms with van der Waals surface area (Å²) >= 11 is 1.29.